The van der Waals surface area contributed by atoms with Crippen molar-refractivity contribution in [1.82, 2.24) is 4.72 Å². The molecule has 25 heavy (non-hydrogen) atoms. The lowest BCUT2D eigenvalue weighted by atomic mass is 10.1. The Labute approximate surface area is 153 Å². The van der Waals surface area contributed by atoms with Gasteiger partial charge in [-0.05, 0) is 49.2 Å². The fourth-order valence-electron chi connectivity index (χ4n) is 2.17. The highest BCUT2D eigenvalue weighted by atomic mass is 35.5. The van der Waals surface area contributed by atoms with Gasteiger partial charge in [-0.2, -0.15) is 0 Å². The molecular weight excluding hydrogens is 362 g/mol. The van der Waals surface area contributed by atoms with Crippen LogP contribution in [0.25, 0.3) is 0 Å². The van der Waals surface area contributed by atoms with E-state index in [-0.39, 0.29) is 24.5 Å². The predicted molar refractivity (Wildman–Crippen MR) is 97.0 cm³/mol. The van der Waals surface area contributed by atoms with Crippen LogP contribution in [0.4, 0.5) is 0 Å². The minimum atomic E-state index is -3.67. The van der Waals surface area contributed by atoms with Crippen LogP contribution < -0.4 is 4.72 Å². The Hall–Kier alpha value is -1.89. The summed E-state index contributed by atoms with van der Waals surface area (Å²) < 4.78 is 31.7. The molecule has 134 valence electrons. The summed E-state index contributed by atoms with van der Waals surface area (Å²) in [5.41, 5.74) is 3.07. The molecule has 0 saturated heterocycles. The van der Waals surface area contributed by atoms with Crippen molar-refractivity contribution in [2.75, 3.05) is 6.54 Å². The third kappa shape index (κ3) is 5.85. The summed E-state index contributed by atoms with van der Waals surface area (Å²) in [6, 6.07) is 11.7. The van der Waals surface area contributed by atoms with Crippen molar-refractivity contribution in [2.45, 2.75) is 31.8 Å². The largest absolute Gasteiger partial charge is 0.461 e. The van der Waals surface area contributed by atoms with Crippen molar-refractivity contribution in [1.29, 1.82) is 0 Å². The molecule has 0 saturated carbocycles. The van der Waals surface area contributed by atoms with Crippen molar-refractivity contribution < 1.29 is 17.9 Å². The minimum absolute atomic E-state index is 0.0312. The number of hydrogen-bond acceptors (Lipinski definition) is 4. The normalized spacial score (nSPS) is 11.3. The monoisotopic (exact) mass is 381 g/mol. The first-order valence-electron chi connectivity index (χ1n) is 7.75. The smallest absolute Gasteiger partial charge is 0.307 e. The molecule has 5 nitrogen and oxygen atoms in total. The van der Waals surface area contributed by atoms with Gasteiger partial charge < -0.3 is 4.74 Å². The van der Waals surface area contributed by atoms with Gasteiger partial charge in [-0.15, -0.1) is 0 Å². The summed E-state index contributed by atoms with van der Waals surface area (Å²) in [7, 11) is -3.67. The Kier molecular flexibility index (Phi) is 6.58. The van der Waals surface area contributed by atoms with Crippen LogP contribution in [0.15, 0.2) is 47.4 Å². The fraction of sp³-hybridized carbons (Fsp3) is 0.278. The first kappa shape index (κ1) is 19.4. The highest BCUT2D eigenvalue weighted by Crippen LogP contribution is 2.14. The second-order valence-corrected chi connectivity index (χ2v) is 7.90. The van der Waals surface area contributed by atoms with E-state index in [1.165, 1.54) is 24.3 Å². The molecule has 2 aromatic carbocycles. The molecule has 0 heterocycles. The summed E-state index contributed by atoms with van der Waals surface area (Å²) in [5, 5.41) is 0.453. The molecule has 0 amide bonds. The highest BCUT2D eigenvalue weighted by Gasteiger charge is 2.14. The fourth-order valence-corrected chi connectivity index (χ4v) is 3.33. The number of hydrogen-bond donors (Lipinski definition) is 1. The van der Waals surface area contributed by atoms with Gasteiger partial charge in [0.1, 0.15) is 6.61 Å². The van der Waals surface area contributed by atoms with Crippen molar-refractivity contribution in [3.63, 3.8) is 0 Å². The van der Waals surface area contributed by atoms with E-state index in [9.17, 15) is 13.2 Å². The van der Waals surface area contributed by atoms with Crippen LogP contribution in [0.2, 0.25) is 5.02 Å². The molecule has 7 heteroatoms. The van der Waals surface area contributed by atoms with Crippen molar-refractivity contribution in [2.24, 2.45) is 0 Å². The first-order chi connectivity index (χ1) is 11.8. The van der Waals surface area contributed by atoms with Crippen LogP contribution >= 0.6 is 11.6 Å². The molecule has 0 fully saturated rings. The maximum Gasteiger partial charge on any atom is 0.307 e. The lowest BCUT2D eigenvalue weighted by molar-refractivity contribution is -0.144. The maximum atomic E-state index is 12.1. The molecule has 1 N–H and O–H groups in total. The maximum absolute atomic E-state index is 12.1. The second kappa shape index (κ2) is 8.47. The topological polar surface area (TPSA) is 72.5 Å². The van der Waals surface area contributed by atoms with E-state index in [0.29, 0.717) is 5.02 Å². The van der Waals surface area contributed by atoms with Crippen molar-refractivity contribution in [3.8, 4) is 0 Å². The Morgan fingerprint density at radius 2 is 1.80 bits per heavy atom. The van der Waals surface area contributed by atoms with E-state index in [1.807, 2.05) is 32.0 Å². The predicted octanol–water partition coefficient (Wildman–Crippen LogP) is 3.37. The Morgan fingerprint density at radius 1 is 1.12 bits per heavy atom. The van der Waals surface area contributed by atoms with Crippen LogP contribution in [-0.2, 0) is 26.2 Å². The third-order valence-corrected chi connectivity index (χ3v) is 5.37. The molecule has 0 atom stereocenters. The molecule has 0 aliphatic rings. The SMILES string of the molecule is Cc1ccc(C)c(COC(=O)CCNS(=O)(=O)c2ccc(Cl)cc2)c1. The van der Waals surface area contributed by atoms with E-state index >= 15 is 0 Å². The summed E-state index contributed by atoms with van der Waals surface area (Å²) in [6.45, 7) is 4.06. The van der Waals surface area contributed by atoms with Gasteiger partial charge in [-0.25, -0.2) is 13.1 Å². The van der Waals surface area contributed by atoms with E-state index in [4.69, 9.17) is 16.3 Å². The second-order valence-electron chi connectivity index (χ2n) is 5.69. The summed E-state index contributed by atoms with van der Waals surface area (Å²) in [6.07, 6.45) is -0.0440. The van der Waals surface area contributed by atoms with Gasteiger partial charge in [0.15, 0.2) is 0 Å². The van der Waals surface area contributed by atoms with E-state index < -0.39 is 16.0 Å². The summed E-state index contributed by atoms with van der Waals surface area (Å²) in [4.78, 5) is 11.9. The average molecular weight is 382 g/mol. The number of sulfonamides is 1. The Bertz CT molecular complexity index is 848. The van der Waals surface area contributed by atoms with Crippen LogP contribution in [0.5, 0.6) is 0 Å². The number of carbonyl (C=O) groups is 1. The third-order valence-electron chi connectivity index (χ3n) is 3.64. The van der Waals surface area contributed by atoms with E-state index in [1.54, 1.807) is 0 Å². The van der Waals surface area contributed by atoms with Crippen molar-refractivity contribution >= 4 is 27.6 Å². The number of aryl methyl sites for hydroxylation is 2. The summed E-state index contributed by atoms with van der Waals surface area (Å²) in [5.74, 6) is -0.459. The zero-order chi connectivity index (χ0) is 18.4. The molecule has 2 rings (SSSR count). The molecule has 0 aliphatic heterocycles. The van der Waals surface area contributed by atoms with Crippen LogP contribution in [0.1, 0.15) is 23.1 Å². The average Bonchev–Trinajstić information content (AvgIpc) is 2.56. The number of esters is 1. The van der Waals surface area contributed by atoms with Gasteiger partial charge >= 0.3 is 5.97 Å². The molecule has 0 spiro atoms. The first-order valence-corrected chi connectivity index (χ1v) is 9.61. The minimum Gasteiger partial charge on any atom is -0.461 e. The van der Waals surface area contributed by atoms with E-state index in [0.717, 1.165) is 16.7 Å². The Balaban J connectivity index is 1.82. The molecule has 0 radical (unpaired) electrons. The number of nitrogens with one attached hydrogen (secondary N) is 1. The molecule has 0 unspecified atom stereocenters. The van der Waals surface area contributed by atoms with Gasteiger partial charge in [0.2, 0.25) is 10.0 Å². The van der Waals surface area contributed by atoms with Gasteiger partial charge in [-0.3, -0.25) is 4.79 Å². The number of rotatable bonds is 7. The van der Waals surface area contributed by atoms with Gasteiger partial charge in [0, 0.05) is 11.6 Å². The summed E-state index contributed by atoms with van der Waals surface area (Å²) >= 11 is 5.74. The lowest BCUT2D eigenvalue weighted by Crippen LogP contribution is -2.26. The highest BCUT2D eigenvalue weighted by molar-refractivity contribution is 7.89. The molecule has 0 bridgehead atoms. The zero-order valence-electron chi connectivity index (χ0n) is 14.1. The molecule has 0 aliphatic carbocycles. The standard InChI is InChI=1S/C18H20ClNO4S/c1-13-3-4-14(2)15(11-13)12-24-18(21)9-10-20-25(22,23)17-7-5-16(19)6-8-17/h3-8,11,20H,9-10,12H2,1-2H3. The van der Waals surface area contributed by atoms with Gasteiger partial charge in [0.25, 0.3) is 0 Å². The molecular formula is C18H20ClNO4S. The van der Waals surface area contributed by atoms with Crippen LogP contribution in [0, 0.1) is 13.8 Å². The van der Waals surface area contributed by atoms with Gasteiger partial charge in [0.05, 0.1) is 11.3 Å². The van der Waals surface area contributed by atoms with E-state index in [2.05, 4.69) is 4.72 Å². The number of carbonyl (C=O) groups excluding carboxylic acids is 1. The Morgan fingerprint density at radius 3 is 2.48 bits per heavy atom. The zero-order valence-corrected chi connectivity index (χ0v) is 15.7. The molecule has 2 aromatic rings. The molecule has 0 aromatic heterocycles. The number of ether oxygens (including phenoxy) is 1. The van der Waals surface area contributed by atoms with Crippen molar-refractivity contribution in [3.05, 3.63) is 64.2 Å². The van der Waals surface area contributed by atoms with Gasteiger partial charge in [-0.1, -0.05) is 35.4 Å². The lowest BCUT2D eigenvalue weighted by Gasteiger charge is -2.09. The quantitative estimate of drug-likeness (QED) is 0.746. The number of halogens is 1. The van der Waals surface area contributed by atoms with Crippen LogP contribution in [-0.4, -0.2) is 20.9 Å². The number of benzene rings is 2. The van der Waals surface area contributed by atoms with Crippen LogP contribution in [0.3, 0.4) is 0 Å².